The second-order valence-electron chi connectivity index (χ2n) is 3.20. The van der Waals surface area contributed by atoms with Crippen LogP contribution in [0.25, 0.3) is 5.52 Å². The molecule has 0 aliphatic carbocycles. The van der Waals surface area contributed by atoms with Gasteiger partial charge in [-0.15, -0.1) is 0 Å². The number of halogens is 5. The molecule has 0 unspecified atom stereocenters. The van der Waals surface area contributed by atoms with Crippen LogP contribution in [-0.4, -0.2) is 15.6 Å². The molecule has 86 valence electrons. The fraction of sp³-hybridized carbons (Fsp3) is 0.222. The third-order valence-electron chi connectivity index (χ3n) is 2.07. The van der Waals surface area contributed by atoms with Crippen LogP contribution >= 0.6 is 34.2 Å². The molecule has 0 aliphatic rings. The topological polar surface area (TPSA) is 17.3 Å². The van der Waals surface area contributed by atoms with Gasteiger partial charge in [0.2, 0.25) is 0 Å². The summed E-state index contributed by atoms with van der Waals surface area (Å²) in [4.78, 5) is 3.82. The first-order chi connectivity index (χ1) is 7.38. The molecule has 0 aliphatic heterocycles. The van der Waals surface area contributed by atoms with E-state index in [9.17, 15) is 13.2 Å². The number of fused-ring (bicyclic) bond motifs is 1. The Morgan fingerprint density at radius 3 is 2.75 bits per heavy atom. The molecule has 0 aromatic carbocycles. The van der Waals surface area contributed by atoms with E-state index in [-0.39, 0.29) is 10.8 Å². The molecule has 0 amide bonds. The highest BCUT2D eigenvalue weighted by Gasteiger charge is 2.30. The highest BCUT2D eigenvalue weighted by molar-refractivity contribution is 14.1. The molecule has 0 radical (unpaired) electrons. The standard InChI is InChI=1S/C9H5ClF3IN2/c10-8-6-3-5(14)7(4-9(11,12)13)16(6)2-1-15-8/h1-3H,4H2. The summed E-state index contributed by atoms with van der Waals surface area (Å²) in [7, 11) is 0. The van der Waals surface area contributed by atoms with Crippen LogP contribution in [0.3, 0.4) is 0 Å². The van der Waals surface area contributed by atoms with E-state index in [0.29, 0.717) is 9.09 Å². The van der Waals surface area contributed by atoms with Crippen molar-refractivity contribution in [3.8, 4) is 0 Å². The third-order valence-corrected chi connectivity index (χ3v) is 3.30. The zero-order valence-electron chi connectivity index (χ0n) is 7.72. The minimum absolute atomic E-state index is 0.187. The van der Waals surface area contributed by atoms with Gasteiger partial charge >= 0.3 is 6.18 Å². The van der Waals surface area contributed by atoms with Crippen molar-refractivity contribution in [3.05, 3.63) is 32.9 Å². The number of nitrogens with zero attached hydrogens (tertiary/aromatic N) is 2. The summed E-state index contributed by atoms with van der Waals surface area (Å²) in [6, 6.07) is 1.59. The quantitative estimate of drug-likeness (QED) is 0.709. The zero-order chi connectivity index (χ0) is 11.9. The van der Waals surface area contributed by atoms with Crippen molar-refractivity contribution < 1.29 is 13.2 Å². The maximum absolute atomic E-state index is 12.4. The van der Waals surface area contributed by atoms with Crippen LogP contribution in [0.15, 0.2) is 18.5 Å². The van der Waals surface area contributed by atoms with Crippen molar-refractivity contribution in [1.82, 2.24) is 9.38 Å². The van der Waals surface area contributed by atoms with E-state index in [1.54, 1.807) is 6.07 Å². The number of hydrogen-bond donors (Lipinski definition) is 0. The summed E-state index contributed by atoms with van der Waals surface area (Å²) in [5, 5.41) is 0.203. The molecule has 2 aromatic heterocycles. The molecule has 0 fully saturated rings. The predicted molar refractivity (Wildman–Crippen MR) is 62.7 cm³/mol. The predicted octanol–water partition coefficient (Wildman–Crippen LogP) is 3.70. The molecule has 0 atom stereocenters. The second kappa shape index (κ2) is 4.06. The van der Waals surface area contributed by atoms with E-state index in [1.165, 1.54) is 16.8 Å². The van der Waals surface area contributed by atoms with Gasteiger partial charge in [-0.25, -0.2) is 4.98 Å². The normalized spacial score (nSPS) is 12.3. The van der Waals surface area contributed by atoms with Gasteiger partial charge in [0.25, 0.3) is 0 Å². The first-order valence-corrected chi connectivity index (χ1v) is 5.71. The Balaban J connectivity index is 2.61. The maximum atomic E-state index is 12.4. The number of hydrogen-bond acceptors (Lipinski definition) is 1. The monoisotopic (exact) mass is 360 g/mol. The van der Waals surface area contributed by atoms with E-state index in [2.05, 4.69) is 4.98 Å². The summed E-state index contributed by atoms with van der Waals surface area (Å²) < 4.78 is 39.0. The lowest BCUT2D eigenvalue weighted by atomic mass is 10.3. The second-order valence-corrected chi connectivity index (χ2v) is 4.72. The molecule has 2 aromatic rings. The Morgan fingerprint density at radius 1 is 1.44 bits per heavy atom. The van der Waals surface area contributed by atoms with Crippen LogP contribution in [0.2, 0.25) is 5.15 Å². The van der Waals surface area contributed by atoms with Gasteiger partial charge in [-0.1, -0.05) is 11.6 Å². The SMILES string of the molecule is FC(F)(F)Cc1c(I)cc2c(Cl)nccn12. The minimum atomic E-state index is -4.23. The lowest BCUT2D eigenvalue weighted by Gasteiger charge is -2.07. The van der Waals surface area contributed by atoms with Gasteiger partial charge < -0.3 is 4.40 Å². The van der Waals surface area contributed by atoms with Crippen LogP contribution in [0.1, 0.15) is 5.69 Å². The van der Waals surface area contributed by atoms with Crippen LogP contribution in [0.4, 0.5) is 13.2 Å². The fourth-order valence-electron chi connectivity index (χ4n) is 1.45. The average Bonchev–Trinajstić information content (AvgIpc) is 2.44. The van der Waals surface area contributed by atoms with Crippen LogP contribution in [0.5, 0.6) is 0 Å². The van der Waals surface area contributed by atoms with Gasteiger partial charge in [0, 0.05) is 21.7 Å². The van der Waals surface area contributed by atoms with Crippen molar-refractivity contribution in [1.29, 1.82) is 0 Å². The summed E-state index contributed by atoms with van der Waals surface area (Å²) >= 11 is 7.66. The Kier molecular flexibility index (Phi) is 3.04. The lowest BCUT2D eigenvalue weighted by Crippen LogP contribution is -2.14. The van der Waals surface area contributed by atoms with Crippen molar-refractivity contribution >= 4 is 39.7 Å². The van der Waals surface area contributed by atoms with Crippen molar-refractivity contribution in [2.24, 2.45) is 0 Å². The van der Waals surface area contributed by atoms with E-state index in [0.717, 1.165) is 0 Å². The Labute approximate surface area is 108 Å². The smallest absolute Gasteiger partial charge is 0.315 e. The molecule has 0 saturated carbocycles. The summed E-state index contributed by atoms with van der Waals surface area (Å²) in [5.74, 6) is 0. The molecule has 0 bridgehead atoms. The molecule has 2 nitrogen and oxygen atoms in total. The van der Waals surface area contributed by atoms with Crippen LogP contribution < -0.4 is 0 Å². The highest BCUT2D eigenvalue weighted by Crippen LogP contribution is 2.28. The Hall–Kier alpha value is -0.500. The fourth-order valence-corrected chi connectivity index (χ4v) is 2.40. The minimum Gasteiger partial charge on any atom is -0.315 e. The molecule has 0 saturated heterocycles. The van der Waals surface area contributed by atoms with Crippen molar-refractivity contribution in [3.63, 3.8) is 0 Å². The zero-order valence-corrected chi connectivity index (χ0v) is 10.6. The van der Waals surface area contributed by atoms with Gasteiger partial charge in [0.15, 0.2) is 5.15 Å². The summed E-state index contributed by atoms with van der Waals surface area (Å²) in [6.45, 7) is 0. The molecule has 0 spiro atoms. The molecule has 2 heterocycles. The molecule has 0 N–H and O–H groups in total. The molecular weight excluding hydrogens is 355 g/mol. The molecule has 16 heavy (non-hydrogen) atoms. The van der Waals surface area contributed by atoms with Gasteiger partial charge in [-0.3, -0.25) is 0 Å². The number of rotatable bonds is 1. The first-order valence-electron chi connectivity index (χ1n) is 4.25. The summed E-state index contributed by atoms with van der Waals surface area (Å²) in [6.07, 6.45) is -2.35. The van der Waals surface area contributed by atoms with Gasteiger partial charge in [0.1, 0.15) is 0 Å². The van der Waals surface area contributed by atoms with Gasteiger partial charge in [-0.2, -0.15) is 13.2 Å². The molecule has 2 rings (SSSR count). The Morgan fingerprint density at radius 2 is 2.12 bits per heavy atom. The largest absolute Gasteiger partial charge is 0.394 e. The number of aromatic nitrogens is 2. The lowest BCUT2D eigenvalue weighted by molar-refractivity contribution is -0.128. The first kappa shape index (κ1) is 12.0. The van der Waals surface area contributed by atoms with E-state index < -0.39 is 12.6 Å². The molecule has 7 heteroatoms. The van der Waals surface area contributed by atoms with E-state index >= 15 is 0 Å². The average molecular weight is 361 g/mol. The summed E-state index contributed by atoms with van der Waals surface area (Å²) in [5.41, 5.74) is 0.681. The molecular formula is C9H5ClF3IN2. The van der Waals surface area contributed by atoms with E-state index in [4.69, 9.17) is 11.6 Å². The maximum Gasteiger partial charge on any atom is 0.394 e. The number of alkyl halides is 3. The Bertz CT molecular complexity index is 535. The van der Waals surface area contributed by atoms with Crippen molar-refractivity contribution in [2.45, 2.75) is 12.6 Å². The van der Waals surface area contributed by atoms with Gasteiger partial charge in [0.05, 0.1) is 11.9 Å². The highest BCUT2D eigenvalue weighted by atomic mass is 127. The third kappa shape index (κ3) is 2.27. The van der Waals surface area contributed by atoms with Gasteiger partial charge in [-0.05, 0) is 28.7 Å². The van der Waals surface area contributed by atoms with Crippen LogP contribution in [0, 0.1) is 3.57 Å². The van der Waals surface area contributed by atoms with Crippen LogP contribution in [-0.2, 0) is 6.42 Å². The van der Waals surface area contributed by atoms with Crippen molar-refractivity contribution in [2.75, 3.05) is 0 Å². The van der Waals surface area contributed by atoms with E-state index in [1.807, 2.05) is 22.6 Å².